The van der Waals surface area contributed by atoms with E-state index in [0.29, 0.717) is 10.8 Å². The highest BCUT2D eigenvalue weighted by molar-refractivity contribution is 5.25. The van der Waals surface area contributed by atoms with Gasteiger partial charge in [-0.1, -0.05) is 65.5 Å². The summed E-state index contributed by atoms with van der Waals surface area (Å²) in [6.45, 7) is 14.5. The fraction of sp³-hybridized carbons (Fsp3) is 0.931. The molecule has 4 aliphatic rings. The predicted octanol–water partition coefficient (Wildman–Crippen LogP) is 7.39. The van der Waals surface area contributed by atoms with Crippen molar-refractivity contribution < 1.29 is 10.2 Å². The molecule has 0 amide bonds. The molecule has 0 aliphatic heterocycles. The largest absolute Gasteiger partial charge is 0.397 e. The van der Waals surface area contributed by atoms with Crippen LogP contribution in [-0.2, 0) is 0 Å². The summed E-state index contributed by atoms with van der Waals surface area (Å²) in [5.74, 6) is 5.46. The summed E-state index contributed by atoms with van der Waals surface area (Å²) in [5, 5.41) is 17.8. The van der Waals surface area contributed by atoms with Gasteiger partial charge in [-0.15, -0.1) is 0 Å². The van der Waals surface area contributed by atoms with Crippen LogP contribution in [0.5, 0.6) is 0 Å². The average Bonchev–Trinajstić information content (AvgIpc) is 3.06. The predicted molar refractivity (Wildman–Crippen MR) is 132 cm³/mol. The van der Waals surface area contributed by atoms with E-state index in [2.05, 4.69) is 40.7 Å². The molecule has 0 spiro atoms. The standard InChI is InChI=1S/C27H46O.C2H6O/c1-18(2)7-6-8-19(3)23-11-12-24-22-10-9-20-17-21(28)13-15-26(20,4)25(22)14-16-27(23,24)5;1-2-3/h9,18-19,21-25,28H,6-8,10-17H2,1-5H3;3H,2H2,1H3/t19?,21?,22?,23?,24?,25?,26-,27+;/m0./s1. The van der Waals surface area contributed by atoms with E-state index in [0.717, 1.165) is 48.3 Å². The average molecular weight is 433 g/mol. The summed E-state index contributed by atoms with van der Waals surface area (Å²) in [5.41, 5.74) is 2.60. The Labute approximate surface area is 193 Å². The third-order valence-corrected chi connectivity index (χ3v) is 10.3. The zero-order chi connectivity index (χ0) is 22.8. The van der Waals surface area contributed by atoms with Crippen LogP contribution >= 0.6 is 0 Å². The second-order valence-electron chi connectivity index (χ2n) is 12.5. The summed E-state index contributed by atoms with van der Waals surface area (Å²) in [4.78, 5) is 0. The lowest BCUT2D eigenvalue weighted by Crippen LogP contribution is -2.50. The number of hydrogen-bond acceptors (Lipinski definition) is 2. The van der Waals surface area contributed by atoms with Crippen molar-refractivity contribution in [2.75, 3.05) is 6.61 Å². The maximum atomic E-state index is 10.2. The van der Waals surface area contributed by atoms with Crippen LogP contribution in [0.3, 0.4) is 0 Å². The Morgan fingerprint density at radius 1 is 1.00 bits per heavy atom. The lowest BCUT2D eigenvalue weighted by Gasteiger charge is -2.58. The number of allylic oxidation sites excluding steroid dienone is 1. The molecule has 0 aromatic heterocycles. The van der Waals surface area contributed by atoms with Crippen molar-refractivity contribution >= 4 is 0 Å². The molecule has 0 radical (unpaired) electrons. The molecule has 31 heavy (non-hydrogen) atoms. The molecule has 0 heterocycles. The topological polar surface area (TPSA) is 40.5 Å². The molecule has 8 atom stereocenters. The smallest absolute Gasteiger partial charge is 0.0577 e. The van der Waals surface area contributed by atoms with Gasteiger partial charge in [0.1, 0.15) is 0 Å². The summed E-state index contributed by atoms with van der Waals surface area (Å²) in [7, 11) is 0. The first-order chi connectivity index (χ1) is 14.7. The van der Waals surface area contributed by atoms with Crippen LogP contribution in [0.4, 0.5) is 0 Å². The maximum Gasteiger partial charge on any atom is 0.0577 e. The van der Waals surface area contributed by atoms with Crippen LogP contribution in [-0.4, -0.2) is 22.9 Å². The normalized spacial score (nSPS) is 42.6. The Morgan fingerprint density at radius 3 is 2.39 bits per heavy atom. The number of aliphatic hydroxyl groups is 2. The molecule has 0 aromatic carbocycles. The summed E-state index contributed by atoms with van der Waals surface area (Å²) < 4.78 is 0. The molecule has 2 nitrogen and oxygen atoms in total. The third kappa shape index (κ3) is 4.96. The van der Waals surface area contributed by atoms with Gasteiger partial charge in [0.05, 0.1) is 6.10 Å². The summed E-state index contributed by atoms with van der Waals surface area (Å²) in [6.07, 6.45) is 17.2. The lowest BCUT2D eigenvalue weighted by atomic mass is 9.47. The first kappa shape index (κ1) is 25.3. The van der Waals surface area contributed by atoms with E-state index in [1.165, 1.54) is 57.8 Å². The fourth-order valence-electron chi connectivity index (χ4n) is 8.67. The van der Waals surface area contributed by atoms with E-state index >= 15 is 0 Å². The van der Waals surface area contributed by atoms with Crippen LogP contribution in [0.25, 0.3) is 0 Å². The molecule has 3 saturated carbocycles. The van der Waals surface area contributed by atoms with Crippen LogP contribution in [0.1, 0.15) is 112 Å². The first-order valence-electron chi connectivity index (χ1n) is 13.7. The molecule has 4 aliphatic carbocycles. The van der Waals surface area contributed by atoms with Gasteiger partial charge in [-0.05, 0) is 105 Å². The van der Waals surface area contributed by atoms with Crippen LogP contribution in [0.2, 0.25) is 0 Å². The SMILES string of the molecule is CC(C)CCCC(C)C1CCC2C3CC=C4CC(O)CC[C@]4(C)C3CC[C@]12C.CCO. The maximum absolute atomic E-state index is 10.2. The lowest BCUT2D eigenvalue weighted by molar-refractivity contribution is -0.0573. The zero-order valence-corrected chi connectivity index (χ0v) is 21.5. The summed E-state index contributed by atoms with van der Waals surface area (Å²) in [6, 6.07) is 0. The highest BCUT2D eigenvalue weighted by Crippen LogP contribution is 2.67. The zero-order valence-electron chi connectivity index (χ0n) is 21.5. The quantitative estimate of drug-likeness (QED) is 0.445. The fourth-order valence-corrected chi connectivity index (χ4v) is 8.67. The van der Waals surface area contributed by atoms with Crippen molar-refractivity contribution in [1.82, 2.24) is 0 Å². The molecular formula is C29H52O2. The Balaban J connectivity index is 0.000000858. The highest BCUT2D eigenvalue weighted by atomic mass is 16.3. The number of fused-ring (bicyclic) bond motifs is 5. The van der Waals surface area contributed by atoms with E-state index in [9.17, 15) is 5.11 Å². The molecular weight excluding hydrogens is 380 g/mol. The van der Waals surface area contributed by atoms with Crippen molar-refractivity contribution in [1.29, 1.82) is 0 Å². The number of hydrogen-bond donors (Lipinski definition) is 2. The van der Waals surface area contributed by atoms with Gasteiger partial charge in [0.25, 0.3) is 0 Å². The van der Waals surface area contributed by atoms with Gasteiger partial charge in [-0.25, -0.2) is 0 Å². The molecule has 6 unspecified atom stereocenters. The first-order valence-corrected chi connectivity index (χ1v) is 13.7. The molecule has 0 aromatic rings. The number of rotatable bonds is 5. The van der Waals surface area contributed by atoms with E-state index in [-0.39, 0.29) is 12.7 Å². The van der Waals surface area contributed by atoms with Gasteiger partial charge in [0.15, 0.2) is 0 Å². The van der Waals surface area contributed by atoms with Crippen molar-refractivity contribution in [3.63, 3.8) is 0 Å². The van der Waals surface area contributed by atoms with E-state index in [1.807, 2.05) is 0 Å². The molecule has 2 heteroatoms. The molecule has 4 rings (SSSR count). The van der Waals surface area contributed by atoms with Crippen molar-refractivity contribution in [2.24, 2.45) is 46.3 Å². The van der Waals surface area contributed by atoms with E-state index in [4.69, 9.17) is 5.11 Å². The molecule has 0 saturated heterocycles. The Morgan fingerprint density at radius 2 is 1.71 bits per heavy atom. The minimum Gasteiger partial charge on any atom is -0.397 e. The monoisotopic (exact) mass is 432 g/mol. The second-order valence-corrected chi connectivity index (χ2v) is 12.5. The summed E-state index contributed by atoms with van der Waals surface area (Å²) >= 11 is 0. The molecule has 180 valence electrons. The Hall–Kier alpha value is -0.340. The number of aliphatic hydroxyl groups excluding tert-OH is 2. The third-order valence-electron chi connectivity index (χ3n) is 10.3. The van der Waals surface area contributed by atoms with Gasteiger partial charge in [-0.3, -0.25) is 0 Å². The molecule has 2 N–H and O–H groups in total. The second kappa shape index (κ2) is 10.3. The van der Waals surface area contributed by atoms with E-state index < -0.39 is 0 Å². The van der Waals surface area contributed by atoms with Crippen molar-refractivity contribution in [3.05, 3.63) is 11.6 Å². The van der Waals surface area contributed by atoms with E-state index in [1.54, 1.807) is 12.5 Å². The van der Waals surface area contributed by atoms with Gasteiger partial charge in [0.2, 0.25) is 0 Å². The Kier molecular flexibility index (Phi) is 8.39. The van der Waals surface area contributed by atoms with Crippen LogP contribution in [0.15, 0.2) is 11.6 Å². The van der Waals surface area contributed by atoms with Crippen LogP contribution < -0.4 is 0 Å². The van der Waals surface area contributed by atoms with Crippen molar-refractivity contribution in [3.8, 4) is 0 Å². The van der Waals surface area contributed by atoms with Crippen LogP contribution in [0, 0.1) is 46.3 Å². The van der Waals surface area contributed by atoms with Gasteiger partial charge in [0, 0.05) is 6.61 Å². The minimum atomic E-state index is -0.0766. The molecule has 0 bridgehead atoms. The molecule has 3 fully saturated rings. The van der Waals surface area contributed by atoms with Gasteiger partial charge < -0.3 is 10.2 Å². The van der Waals surface area contributed by atoms with Crippen molar-refractivity contribution in [2.45, 2.75) is 118 Å². The minimum absolute atomic E-state index is 0.0766. The Bertz CT molecular complexity index is 610. The van der Waals surface area contributed by atoms with Gasteiger partial charge >= 0.3 is 0 Å². The highest BCUT2D eigenvalue weighted by Gasteiger charge is 2.59. The van der Waals surface area contributed by atoms with Gasteiger partial charge in [-0.2, -0.15) is 0 Å².